The first-order valence-corrected chi connectivity index (χ1v) is 15.0. The zero-order valence-corrected chi connectivity index (χ0v) is 26.2. The number of rotatable bonds is 7. The molecule has 230 valence electrons. The number of nitrogens with zero attached hydrogens (tertiary/aromatic N) is 4. The molecular formula is C38H34N4O4. The summed E-state index contributed by atoms with van der Waals surface area (Å²) in [7, 11) is 6.88. The number of hydrogen-bond donors (Lipinski definition) is 0. The van der Waals surface area contributed by atoms with E-state index in [0.29, 0.717) is 29.6 Å². The van der Waals surface area contributed by atoms with E-state index in [2.05, 4.69) is 4.57 Å². The summed E-state index contributed by atoms with van der Waals surface area (Å²) in [4.78, 5) is 54.2. The largest absolute Gasteiger partial charge is 0.345 e. The second-order valence-electron chi connectivity index (χ2n) is 11.8. The zero-order chi connectivity index (χ0) is 32.5. The molecule has 0 saturated heterocycles. The molecule has 6 aromatic rings. The molecule has 8 heteroatoms. The van der Waals surface area contributed by atoms with Crippen LogP contribution in [-0.4, -0.2) is 58.9 Å². The minimum absolute atomic E-state index is 0.0628. The molecule has 0 N–H and O–H groups in total. The number of carbonyl (C=O) groups excluding carboxylic acids is 2. The first kappa shape index (κ1) is 30.3. The van der Waals surface area contributed by atoms with Crippen LogP contribution in [0.15, 0.2) is 119 Å². The molecule has 0 bridgehead atoms. The average Bonchev–Trinajstić information content (AvgIpc) is 3.07. The van der Waals surface area contributed by atoms with Crippen molar-refractivity contribution in [1.82, 2.24) is 18.9 Å². The lowest BCUT2D eigenvalue weighted by molar-refractivity contribution is 0.0820. The maximum atomic E-state index is 13.3. The van der Waals surface area contributed by atoms with Gasteiger partial charge in [0.1, 0.15) is 0 Å². The fourth-order valence-electron chi connectivity index (χ4n) is 5.75. The van der Waals surface area contributed by atoms with Crippen LogP contribution in [0.2, 0.25) is 0 Å². The normalized spacial score (nSPS) is 11.1. The molecule has 0 aliphatic rings. The van der Waals surface area contributed by atoms with Gasteiger partial charge in [0, 0.05) is 63.4 Å². The Bertz CT molecular complexity index is 2230. The Kier molecular flexibility index (Phi) is 8.11. The van der Waals surface area contributed by atoms with Crippen LogP contribution in [0, 0.1) is 0 Å². The Morgan fingerprint density at radius 2 is 1.15 bits per heavy atom. The zero-order valence-electron chi connectivity index (χ0n) is 26.2. The summed E-state index contributed by atoms with van der Waals surface area (Å²) in [6.07, 6.45) is 0. The summed E-state index contributed by atoms with van der Waals surface area (Å²) in [5, 5.41) is 1.48. The quantitative estimate of drug-likeness (QED) is 0.240. The van der Waals surface area contributed by atoms with Gasteiger partial charge in [0.25, 0.3) is 17.4 Å². The summed E-state index contributed by atoms with van der Waals surface area (Å²) in [5.74, 6) is -0.142. The number of fused-ring (bicyclic) bond motifs is 2. The number of amides is 2. The number of para-hydroxylation sites is 1. The Balaban J connectivity index is 1.41. The van der Waals surface area contributed by atoms with Crippen LogP contribution >= 0.6 is 0 Å². The fraction of sp³-hybridized carbons (Fsp3) is 0.158. The molecule has 0 spiro atoms. The lowest BCUT2D eigenvalue weighted by Gasteiger charge is -2.19. The monoisotopic (exact) mass is 610 g/mol. The van der Waals surface area contributed by atoms with Gasteiger partial charge in [0.15, 0.2) is 5.43 Å². The van der Waals surface area contributed by atoms with Gasteiger partial charge in [0.2, 0.25) is 0 Å². The second kappa shape index (κ2) is 12.3. The third-order valence-corrected chi connectivity index (χ3v) is 8.20. The van der Waals surface area contributed by atoms with Gasteiger partial charge in [-0.1, -0.05) is 42.5 Å². The van der Waals surface area contributed by atoms with E-state index in [4.69, 9.17) is 0 Å². The molecule has 0 saturated carbocycles. The Morgan fingerprint density at radius 1 is 0.587 bits per heavy atom. The van der Waals surface area contributed by atoms with E-state index in [-0.39, 0.29) is 22.8 Å². The van der Waals surface area contributed by atoms with E-state index < -0.39 is 0 Å². The van der Waals surface area contributed by atoms with Crippen molar-refractivity contribution >= 4 is 33.6 Å². The van der Waals surface area contributed by atoms with Crippen molar-refractivity contribution in [3.05, 3.63) is 152 Å². The highest BCUT2D eigenvalue weighted by molar-refractivity contribution is 5.94. The van der Waals surface area contributed by atoms with Gasteiger partial charge in [-0.2, -0.15) is 0 Å². The predicted octanol–water partition coefficient (Wildman–Crippen LogP) is 5.48. The Hall–Kier alpha value is -5.76. The van der Waals surface area contributed by atoms with Crippen molar-refractivity contribution < 1.29 is 9.59 Å². The Labute approximate surface area is 266 Å². The third kappa shape index (κ3) is 5.85. The minimum atomic E-state index is -0.132. The summed E-state index contributed by atoms with van der Waals surface area (Å²) in [5.41, 5.74) is 6.03. The second-order valence-corrected chi connectivity index (χ2v) is 11.8. The van der Waals surface area contributed by atoms with Crippen LogP contribution in [0.1, 0.15) is 31.8 Å². The summed E-state index contributed by atoms with van der Waals surface area (Å²) in [6.45, 7) is 0.829. The van der Waals surface area contributed by atoms with Crippen molar-refractivity contribution in [3.8, 4) is 11.3 Å². The van der Waals surface area contributed by atoms with Gasteiger partial charge < -0.3 is 18.9 Å². The molecule has 2 amide bonds. The van der Waals surface area contributed by atoms with E-state index in [1.165, 1.54) is 4.90 Å². The smallest absolute Gasteiger partial charge is 0.253 e. The minimum Gasteiger partial charge on any atom is -0.345 e. The molecule has 8 nitrogen and oxygen atoms in total. The van der Waals surface area contributed by atoms with E-state index in [0.717, 1.165) is 38.8 Å². The van der Waals surface area contributed by atoms with Gasteiger partial charge >= 0.3 is 0 Å². The molecule has 0 unspecified atom stereocenters. The number of hydrogen-bond acceptors (Lipinski definition) is 4. The molecule has 4 aromatic carbocycles. The van der Waals surface area contributed by atoms with Gasteiger partial charge in [-0.05, 0) is 76.7 Å². The van der Waals surface area contributed by atoms with Gasteiger partial charge in [-0.15, -0.1) is 0 Å². The standard InChI is InChI=1S/C38H34N4O4/c1-39(2)37(45)27-13-9-25(10-14-27)23-41-33-8-6-5-7-31(33)35(43)22-34(41)30-17-19-32-29(21-30)18-20-36(44)42(32)24-26-11-15-28(16-12-26)38(46)40(3)4/h5-22H,23-24H2,1-4H3. The van der Waals surface area contributed by atoms with Gasteiger partial charge in [0.05, 0.1) is 23.3 Å². The van der Waals surface area contributed by atoms with Gasteiger partial charge in [-0.25, -0.2) is 0 Å². The average molecular weight is 611 g/mol. The van der Waals surface area contributed by atoms with Crippen LogP contribution in [-0.2, 0) is 13.1 Å². The highest BCUT2D eigenvalue weighted by atomic mass is 16.2. The first-order chi connectivity index (χ1) is 22.1. The molecule has 46 heavy (non-hydrogen) atoms. The lowest BCUT2D eigenvalue weighted by Crippen LogP contribution is -2.22. The molecule has 0 radical (unpaired) electrons. The van der Waals surface area contributed by atoms with Crippen LogP contribution < -0.4 is 11.0 Å². The number of benzene rings is 4. The van der Waals surface area contributed by atoms with Crippen molar-refractivity contribution in [1.29, 1.82) is 0 Å². The number of pyridine rings is 2. The van der Waals surface area contributed by atoms with Crippen molar-refractivity contribution in [2.75, 3.05) is 28.2 Å². The van der Waals surface area contributed by atoms with E-state index in [1.54, 1.807) is 68.0 Å². The van der Waals surface area contributed by atoms with Crippen LogP contribution in [0.3, 0.4) is 0 Å². The predicted molar refractivity (Wildman–Crippen MR) is 183 cm³/mol. The summed E-state index contributed by atoms with van der Waals surface area (Å²) >= 11 is 0. The van der Waals surface area contributed by atoms with Gasteiger partial charge in [-0.3, -0.25) is 19.2 Å². The van der Waals surface area contributed by atoms with Crippen molar-refractivity contribution in [3.63, 3.8) is 0 Å². The molecular weight excluding hydrogens is 576 g/mol. The molecule has 0 aliphatic heterocycles. The molecule has 0 fully saturated rings. The lowest BCUT2D eigenvalue weighted by atomic mass is 10.0. The van der Waals surface area contributed by atoms with Crippen molar-refractivity contribution in [2.24, 2.45) is 0 Å². The van der Waals surface area contributed by atoms with Crippen LogP contribution in [0.5, 0.6) is 0 Å². The first-order valence-electron chi connectivity index (χ1n) is 15.0. The van der Waals surface area contributed by atoms with E-state index in [1.807, 2.05) is 78.9 Å². The molecule has 2 heterocycles. The summed E-state index contributed by atoms with van der Waals surface area (Å²) in [6, 6.07) is 33.3. The summed E-state index contributed by atoms with van der Waals surface area (Å²) < 4.78 is 3.83. The van der Waals surface area contributed by atoms with Crippen LogP contribution in [0.4, 0.5) is 0 Å². The number of aromatic nitrogens is 2. The third-order valence-electron chi connectivity index (χ3n) is 8.20. The topological polar surface area (TPSA) is 84.6 Å². The van der Waals surface area contributed by atoms with Crippen LogP contribution in [0.25, 0.3) is 33.1 Å². The SMILES string of the molecule is CN(C)C(=O)c1ccc(Cn2c(-c3ccc4c(ccc(=O)n4Cc4ccc(C(=O)N(C)C)cc4)c3)cc(=O)c3ccccc32)cc1. The maximum absolute atomic E-state index is 13.3. The highest BCUT2D eigenvalue weighted by Crippen LogP contribution is 2.27. The number of carbonyl (C=O) groups is 2. The maximum Gasteiger partial charge on any atom is 0.253 e. The molecule has 6 rings (SSSR count). The Morgan fingerprint density at radius 3 is 1.74 bits per heavy atom. The van der Waals surface area contributed by atoms with E-state index in [9.17, 15) is 19.2 Å². The highest BCUT2D eigenvalue weighted by Gasteiger charge is 2.15. The fourth-order valence-corrected chi connectivity index (χ4v) is 5.75. The molecule has 0 aliphatic carbocycles. The molecule has 2 aromatic heterocycles. The van der Waals surface area contributed by atoms with Crippen molar-refractivity contribution in [2.45, 2.75) is 13.1 Å². The molecule has 0 atom stereocenters. The van der Waals surface area contributed by atoms with E-state index >= 15 is 0 Å².